The smallest absolute Gasteiger partial charge is 0.228 e. The van der Waals surface area contributed by atoms with Gasteiger partial charge in [0.2, 0.25) is 5.78 Å². The average Bonchev–Trinajstić information content (AvgIpc) is 2.15. The number of allylic oxidation sites excluding steroid dienone is 1. The summed E-state index contributed by atoms with van der Waals surface area (Å²) in [5, 5.41) is 0.236. The summed E-state index contributed by atoms with van der Waals surface area (Å²) in [6.45, 7) is 13.4. The Balaban J connectivity index is 4.01. The van der Waals surface area contributed by atoms with Crippen molar-refractivity contribution in [3.05, 3.63) is 12.2 Å². The predicted molar refractivity (Wildman–Crippen MR) is 75.4 cm³/mol. The average molecular weight is 252 g/mol. The molecule has 0 bridgehead atoms. The highest BCUT2D eigenvalue weighted by molar-refractivity contribution is 6.74. The second kappa shape index (κ2) is 6.78. The van der Waals surface area contributed by atoms with E-state index in [0.29, 0.717) is 6.61 Å². The van der Waals surface area contributed by atoms with Gasteiger partial charge >= 0.3 is 0 Å². The fraction of sp³-hybridized carbons (Fsp3) is 0.643. The van der Waals surface area contributed by atoms with Gasteiger partial charge in [0.05, 0.1) is 0 Å². The quantitative estimate of drug-likeness (QED) is 0.246. The molecule has 0 aliphatic rings. The lowest BCUT2D eigenvalue weighted by Gasteiger charge is -2.36. The summed E-state index contributed by atoms with van der Waals surface area (Å²) in [6, 6.07) is 0. The molecule has 2 nitrogen and oxygen atoms in total. The van der Waals surface area contributed by atoms with Crippen LogP contribution >= 0.6 is 0 Å². The van der Waals surface area contributed by atoms with Gasteiger partial charge in [0.25, 0.3) is 0 Å². The summed E-state index contributed by atoms with van der Waals surface area (Å²) < 4.78 is 5.98. The van der Waals surface area contributed by atoms with E-state index in [1.54, 1.807) is 6.92 Å². The number of ketones is 1. The van der Waals surface area contributed by atoms with Crippen LogP contribution in [0.15, 0.2) is 12.2 Å². The molecule has 0 radical (unpaired) electrons. The molecule has 0 spiro atoms. The van der Waals surface area contributed by atoms with E-state index >= 15 is 0 Å². The van der Waals surface area contributed by atoms with Crippen LogP contribution in [0, 0.1) is 11.8 Å². The zero-order valence-electron chi connectivity index (χ0n) is 11.9. The molecule has 0 aromatic carbocycles. The maximum atomic E-state index is 11.1. The molecule has 0 rings (SSSR count). The van der Waals surface area contributed by atoms with Crippen molar-refractivity contribution in [1.29, 1.82) is 0 Å². The minimum absolute atomic E-state index is 0.139. The van der Waals surface area contributed by atoms with E-state index in [9.17, 15) is 4.79 Å². The molecular formula is C14H24O2Si. The Kier molecular flexibility index (Phi) is 6.44. The van der Waals surface area contributed by atoms with Gasteiger partial charge in [0.1, 0.15) is 0 Å². The number of hydrogen-bond donors (Lipinski definition) is 0. The third kappa shape index (κ3) is 6.45. The van der Waals surface area contributed by atoms with Crippen LogP contribution in [-0.4, -0.2) is 20.7 Å². The Morgan fingerprint density at radius 3 is 2.41 bits per heavy atom. The lowest BCUT2D eigenvalue weighted by Crippen LogP contribution is -2.40. The van der Waals surface area contributed by atoms with Gasteiger partial charge in [0, 0.05) is 6.61 Å². The first-order valence-corrected chi connectivity index (χ1v) is 8.89. The molecule has 0 atom stereocenters. The fourth-order valence-electron chi connectivity index (χ4n) is 0.954. The lowest BCUT2D eigenvalue weighted by atomic mass is 10.2. The molecule has 0 N–H and O–H groups in total. The molecule has 0 amide bonds. The Labute approximate surface area is 107 Å². The maximum Gasteiger partial charge on any atom is 0.228 e. The van der Waals surface area contributed by atoms with E-state index in [1.165, 1.54) is 6.08 Å². The summed E-state index contributed by atoms with van der Waals surface area (Å²) >= 11 is 0. The molecule has 0 aliphatic heterocycles. The molecule has 96 valence electrons. The van der Waals surface area contributed by atoms with Crippen LogP contribution in [0.2, 0.25) is 18.1 Å². The molecule has 0 saturated carbocycles. The highest BCUT2D eigenvalue weighted by Crippen LogP contribution is 2.36. The Morgan fingerprint density at radius 1 is 1.35 bits per heavy atom. The van der Waals surface area contributed by atoms with Crippen LogP contribution in [-0.2, 0) is 9.22 Å². The van der Waals surface area contributed by atoms with Crippen LogP contribution in [0.1, 0.15) is 34.1 Å². The van der Waals surface area contributed by atoms with Crippen molar-refractivity contribution in [3.8, 4) is 11.8 Å². The van der Waals surface area contributed by atoms with Crippen LogP contribution in [0.3, 0.4) is 0 Å². The number of rotatable bonds is 5. The Morgan fingerprint density at radius 2 is 1.94 bits per heavy atom. The van der Waals surface area contributed by atoms with E-state index in [2.05, 4.69) is 45.7 Å². The van der Waals surface area contributed by atoms with Gasteiger partial charge in [-0.05, 0) is 43.5 Å². The highest BCUT2D eigenvalue weighted by Gasteiger charge is 2.36. The first kappa shape index (κ1) is 16.1. The molecule has 0 heterocycles. The van der Waals surface area contributed by atoms with Gasteiger partial charge in [-0.25, -0.2) is 0 Å². The lowest BCUT2D eigenvalue weighted by molar-refractivity contribution is -0.109. The zero-order valence-corrected chi connectivity index (χ0v) is 12.9. The summed E-state index contributed by atoms with van der Waals surface area (Å²) in [4.78, 5) is 11.1. The van der Waals surface area contributed by atoms with Crippen LogP contribution in [0.5, 0.6) is 0 Å². The number of hydrogen-bond acceptors (Lipinski definition) is 2. The molecule has 0 aromatic heterocycles. The highest BCUT2D eigenvalue weighted by atomic mass is 28.4. The van der Waals surface area contributed by atoms with Crippen LogP contribution < -0.4 is 0 Å². The number of carbonyl (C=O) groups excluding carboxylic acids is 1. The van der Waals surface area contributed by atoms with Crippen molar-refractivity contribution >= 4 is 14.1 Å². The van der Waals surface area contributed by atoms with Crippen molar-refractivity contribution in [3.63, 3.8) is 0 Å². The van der Waals surface area contributed by atoms with Crippen molar-refractivity contribution in [2.75, 3.05) is 6.61 Å². The summed E-state index contributed by atoms with van der Waals surface area (Å²) in [5.41, 5.74) is 0. The molecule has 17 heavy (non-hydrogen) atoms. The van der Waals surface area contributed by atoms with Crippen molar-refractivity contribution < 1.29 is 9.22 Å². The Bertz CT molecular complexity index is 337. The second-order valence-electron chi connectivity index (χ2n) is 5.54. The number of carbonyl (C=O) groups is 1. The van der Waals surface area contributed by atoms with Crippen molar-refractivity contribution in [2.24, 2.45) is 0 Å². The van der Waals surface area contributed by atoms with Gasteiger partial charge in [-0.2, -0.15) is 0 Å². The standard InChI is InChI=1S/C14H24O2Si/c1-7-10-13(15)11-8-9-12-16-17(5,6)14(2,3)4/h8,11H,9,12H2,1-6H3/b11-8-. The molecule has 3 heteroatoms. The molecule has 0 aromatic rings. The topological polar surface area (TPSA) is 26.3 Å². The van der Waals surface area contributed by atoms with Crippen molar-refractivity contribution in [1.82, 2.24) is 0 Å². The maximum absolute atomic E-state index is 11.1. The normalized spacial score (nSPS) is 12.4. The second-order valence-corrected chi connectivity index (χ2v) is 10.3. The van der Waals surface area contributed by atoms with E-state index < -0.39 is 8.32 Å². The monoisotopic (exact) mass is 252 g/mol. The van der Waals surface area contributed by atoms with E-state index in [4.69, 9.17) is 4.43 Å². The fourth-order valence-corrected chi connectivity index (χ4v) is 2.02. The third-order valence-electron chi connectivity index (χ3n) is 3.07. The molecule has 0 unspecified atom stereocenters. The minimum Gasteiger partial charge on any atom is -0.417 e. The Hall–Kier alpha value is -0.853. The van der Waals surface area contributed by atoms with Crippen LogP contribution in [0.25, 0.3) is 0 Å². The van der Waals surface area contributed by atoms with Gasteiger partial charge in [-0.15, -0.1) is 0 Å². The van der Waals surface area contributed by atoms with E-state index in [1.807, 2.05) is 6.08 Å². The van der Waals surface area contributed by atoms with Gasteiger partial charge in [-0.1, -0.05) is 32.8 Å². The van der Waals surface area contributed by atoms with Gasteiger partial charge in [-0.3, -0.25) is 4.79 Å². The van der Waals surface area contributed by atoms with Gasteiger partial charge < -0.3 is 4.43 Å². The predicted octanol–water partition coefficient (Wildman–Crippen LogP) is 3.55. The van der Waals surface area contributed by atoms with Crippen molar-refractivity contribution in [2.45, 2.75) is 52.2 Å². The molecule has 0 aliphatic carbocycles. The molecule has 0 fully saturated rings. The first-order chi connectivity index (χ1) is 7.70. The van der Waals surface area contributed by atoms with Crippen LogP contribution in [0.4, 0.5) is 0 Å². The first-order valence-electron chi connectivity index (χ1n) is 5.98. The molecular weight excluding hydrogens is 228 g/mol. The summed E-state index contributed by atoms with van der Waals surface area (Å²) in [5.74, 6) is 4.91. The summed E-state index contributed by atoms with van der Waals surface area (Å²) in [6.07, 6.45) is 4.12. The third-order valence-corrected chi connectivity index (χ3v) is 7.61. The van der Waals surface area contributed by atoms with E-state index in [0.717, 1.165) is 6.42 Å². The minimum atomic E-state index is -1.64. The zero-order chi connectivity index (χ0) is 13.5. The summed E-state index contributed by atoms with van der Waals surface area (Å²) in [7, 11) is -1.64. The SMILES string of the molecule is CC#CC(=O)/C=C\CCO[Si](C)(C)C(C)(C)C. The van der Waals surface area contributed by atoms with E-state index in [-0.39, 0.29) is 10.8 Å². The molecule has 0 saturated heterocycles. The van der Waals surface area contributed by atoms with Gasteiger partial charge in [0.15, 0.2) is 8.32 Å². The largest absolute Gasteiger partial charge is 0.417 e.